The lowest BCUT2D eigenvalue weighted by Crippen LogP contribution is -2.10. The Hall–Kier alpha value is -2.83. The van der Waals surface area contributed by atoms with Crippen LogP contribution >= 0.6 is 0 Å². The maximum absolute atomic E-state index is 11.0. The van der Waals surface area contributed by atoms with Crippen molar-refractivity contribution in [1.82, 2.24) is 0 Å². The first-order valence-electron chi connectivity index (χ1n) is 5.86. The van der Waals surface area contributed by atoms with Crippen LogP contribution in [0.2, 0.25) is 0 Å². The number of para-hydroxylation sites is 1. The van der Waals surface area contributed by atoms with Crippen molar-refractivity contribution in [2.75, 3.05) is 11.9 Å². The molecule has 2 aromatic rings. The number of carbonyl (C=O) groups is 1. The van der Waals surface area contributed by atoms with Gasteiger partial charge in [0.1, 0.15) is 17.0 Å². The Balaban J connectivity index is 2.16. The Kier molecular flexibility index (Phi) is 3.99. The molecule has 0 amide bonds. The normalized spacial score (nSPS) is 10.2. The lowest BCUT2D eigenvalue weighted by molar-refractivity contribution is -0.384. The summed E-state index contributed by atoms with van der Waals surface area (Å²) >= 11 is 0. The predicted molar refractivity (Wildman–Crippen MR) is 71.0 cm³/mol. The molecule has 0 atom stereocenters. The second-order valence-electron chi connectivity index (χ2n) is 4.02. The van der Waals surface area contributed by atoms with Crippen LogP contribution in [0.5, 0.6) is 0 Å². The fourth-order valence-electron chi connectivity index (χ4n) is 1.83. The zero-order chi connectivity index (χ0) is 14.5. The summed E-state index contributed by atoms with van der Waals surface area (Å²) in [6.07, 6.45) is 2.09. The molecule has 0 aliphatic heterocycles. The average molecular weight is 276 g/mol. The van der Waals surface area contributed by atoms with E-state index in [0.29, 0.717) is 13.0 Å². The fraction of sp³-hybridized carbons (Fsp3) is 0.154. The number of rotatable bonds is 6. The maximum atomic E-state index is 11.0. The van der Waals surface area contributed by atoms with E-state index in [-0.39, 0.29) is 11.3 Å². The quantitative estimate of drug-likeness (QED) is 0.620. The van der Waals surface area contributed by atoms with Crippen LogP contribution in [-0.2, 0) is 6.42 Å². The van der Waals surface area contributed by atoms with Crippen molar-refractivity contribution >= 4 is 17.3 Å². The fourth-order valence-corrected chi connectivity index (χ4v) is 1.83. The highest BCUT2D eigenvalue weighted by Crippen LogP contribution is 2.28. The third-order valence-corrected chi connectivity index (χ3v) is 2.72. The number of carboxylic acid groups (broad SMARTS) is 1. The standard InChI is InChI=1S/C13H12N2O5/c16-13(17)10-4-1-5-11(12(10)15(18)19)14-7-6-9-3-2-8-20-9/h1-5,8,14H,6-7H2,(H,16,17). The highest BCUT2D eigenvalue weighted by Gasteiger charge is 2.23. The minimum absolute atomic E-state index is 0.182. The van der Waals surface area contributed by atoms with Crippen molar-refractivity contribution < 1.29 is 19.2 Å². The number of benzene rings is 1. The van der Waals surface area contributed by atoms with E-state index in [1.165, 1.54) is 18.2 Å². The van der Waals surface area contributed by atoms with Gasteiger partial charge in [0.05, 0.1) is 11.2 Å². The molecule has 0 aliphatic rings. The van der Waals surface area contributed by atoms with E-state index < -0.39 is 16.6 Å². The van der Waals surface area contributed by atoms with Crippen molar-refractivity contribution in [1.29, 1.82) is 0 Å². The number of hydrogen-bond donors (Lipinski definition) is 2. The lowest BCUT2D eigenvalue weighted by Gasteiger charge is -2.07. The number of nitrogens with zero attached hydrogens (tertiary/aromatic N) is 1. The summed E-state index contributed by atoms with van der Waals surface area (Å²) in [6, 6.07) is 7.70. The van der Waals surface area contributed by atoms with Gasteiger partial charge in [0.25, 0.3) is 0 Å². The van der Waals surface area contributed by atoms with Crippen molar-refractivity contribution in [2.45, 2.75) is 6.42 Å². The van der Waals surface area contributed by atoms with E-state index in [0.717, 1.165) is 5.76 Å². The van der Waals surface area contributed by atoms with Crippen molar-refractivity contribution in [2.24, 2.45) is 0 Å². The smallest absolute Gasteiger partial charge is 0.342 e. The molecule has 7 heteroatoms. The van der Waals surface area contributed by atoms with Crippen molar-refractivity contribution in [3.8, 4) is 0 Å². The van der Waals surface area contributed by atoms with Crippen LogP contribution in [0.25, 0.3) is 0 Å². The van der Waals surface area contributed by atoms with Gasteiger partial charge < -0.3 is 14.8 Å². The van der Waals surface area contributed by atoms with Gasteiger partial charge in [-0.15, -0.1) is 0 Å². The second-order valence-corrected chi connectivity index (χ2v) is 4.02. The number of nitro groups is 1. The molecule has 0 saturated carbocycles. The third-order valence-electron chi connectivity index (χ3n) is 2.72. The number of furan rings is 1. The summed E-state index contributed by atoms with van der Waals surface area (Å²) in [5.41, 5.74) is -0.584. The summed E-state index contributed by atoms with van der Waals surface area (Å²) in [6.45, 7) is 0.400. The van der Waals surface area contributed by atoms with Crippen LogP contribution in [-0.4, -0.2) is 22.5 Å². The molecule has 0 aliphatic carbocycles. The lowest BCUT2D eigenvalue weighted by atomic mass is 10.1. The SMILES string of the molecule is O=C(O)c1cccc(NCCc2ccco2)c1[N+](=O)[O-]. The van der Waals surface area contributed by atoms with Gasteiger partial charge in [0.15, 0.2) is 0 Å². The highest BCUT2D eigenvalue weighted by molar-refractivity contribution is 5.95. The van der Waals surface area contributed by atoms with Crippen molar-refractivity contribution in [3.63, 3.8) is 0 Å². The van der Waals surface area contributed by atoms with Gasteiger partial charge in [-0.2, -0.15) is 0 Å². The number of hydrogen-bond acceptors (Lipinski definition) is 5. The van der Waals surface area contributed by atoms with Crippen LogP contribution < -0.4 is 5.32 Å². The van der Waals surface area contributed by atoms with Gasteiger partial charge in [0, 0.05) is 13.0 Å². The van der Waals surface area contributed by atoms with E-state index in [1.807, 2.05) is 0 Å². The van der Waals surface area contributed by atoms with Gasteiger partial charge in [-0.1, -0.05) is 6.07 Å². The largest absolute Gasteiger partial charge is 0.477 e. The maximum Gasteiger partial charge on any atom is 0.342 e. The van der Waals surface area contributed by atoms with E-state index in [1.54, 1.807) is 18.4 Å². The first-order valence-corrected chi connectivity index (χ1v) is 5.86. The molecule has 0 spiro atoms. The van der Waals surface area contributed by atoms with Gasteiger partial charge >= 0.3 is 11.7 Å². The molecule has 0 radical (unpaired) electrons. The summed E-state index contributed by atoms with van der Waals surface area (Å²) in [5.74, 6) is -0.582. The van der Waals surface area contributed by atoms with E-state index in [4.69, 9.17) is 9.52 Å². The van der Waals surface area contributed by atoms with Gasteiger partial charge in [-0.25, -0.2) is 4.79 Å². The molecular formula is C13H12N2O5. The molecular weight excluding hydrogens is 264 g/mol. The molecule has 0 unspecified atom stereocenters. The molecule has 7 nitrogen and oxygen atoms in total. The average Bonchev–Trinajstić information content (AvgIpc) is 2.91. The van der Waals surface area contributed by atoms with Crippen molar-refractivity contribution in [3.05, 3.63) is 58.0 Å². The summed E-state index contributed by atoms with van der Waals surface area (Å²) < 4.78 is 5.14. The molecule has 1 aromatic carbocycles. The Bertz CT molecular complexity index is 622. The van der Waals surface area contributed by atoms with Crippen LogP contribution in [0, 0.1) is 10.1 Å². The molecule has 2 N–H and O–H groups in total. The number of nitro benzene ring substituents is 1. The molecule has 1 heterocycles. The Morgan fingerprint density at radius 1 is 1.35 bits per heavy atom. The number of nitrogens with one attached hydrogen (secondary N) is 1. The van der Waals surface area contributed by atoms with E-state index >= 15 is 0 Å². The predicted octanol–water partition coefficient (Wildman–Crippen LogP) is 2.54. The first kappa shape index (κ1) is 13.6. The molecule has 1 aromatic heterocycles. The van der Waals surface area contributed by atoms with Gasteiger partial charge in [-0.05, 0) is 24.3 Å². The minimum atomic E-state index is -1.33. The molecule has 2 rings (SSSR count). The molecule has 0 bridgehead atoms. The Labute approximate surface area is 114 Å². The van der Waals surface area contributed by atoms with Gasteiger partial charge in [-0.3, -0.25) is 10.1 Å². The zero-order valence-corrected chi connectivity index (χ0v) is 10.4. The highest BCUT2D eigenvalue weighted by atomic mass is 16.6. The Morgan fingerprint density at radius 2 is 2.15 bits per heavy atom. The zero-order valence-electron chi connectivity index (χ0n) is 10.4. The third kappa shape index (κ3) is 2.94. The summed E-state index contributed by atoms with van der Waals surface area (Å²) in [7, 11) is 0. The molecule has 20 heavy (non-hydrogen) atoms. The number of carboxylic acids is 1. The molecule has 0 fully saturated rings. The first-order chi connectivity index (χ1) is 9.59. The van der Waals surface area contributed by atoms with Crippen LogP contribution in [0.1, 0.15) is 16.1 Å². The van der Waals surface area contributed by atoms with Gasteiger partial charge in [0.2, 0.25) is 0 Å². The van der Waals surface area contributed by atoms with E-state index in [2.05, 4.69) is 5.32 Å². The number of aromatic carboxylic acids is 1. The number of anilines is 1. The molecule has 104 valence electrons. The second kappa shape index (κ2) is 5.87. The Morgan fingerprint density at radius 3 is 2.75 bits per heavy atom. The summed E-state index contributed by atoms with van der Waals surface area (Å²) in [5, 5.41) is 22.9. The summed E-state index contributed by atoms with van der Waals surface area (Å²) in [4.78, 5) is 21.3. The van der Waals surface area contributed by atoms with Crippen LogP contribution in [0.3, 0.4) is 0 Å². The monoisotopic (exact) mass is 276 g/mol. The molecule has 0 saturated heterocycles. The minimum Gasteiger partial charge on any atom is -0.477 e. The van der Waals surface area contributed by atoms with Crippen LogP contribution in [0.4, 0.5) is 11.4 Å². The van der Waals surface area contributed by atoms with Crippen LogP contribution in [0.15, 0.2) is 41.0 Å². The topological polar surface area (TPSA) is 106 Å². The van der Waals surface area contributed by atoms with E-state index in [9.17, 15) is 14.9 Å².